The number of hydrogen-bond donors (Lipinski definition) is 2. The number of aliphatic hydroxyl groups excluding tert-OH is 1. The lowest BCUT2D eigenvalue weighted by molar-refractivity contribution is -0.372. The molecular formula is C53H78F3NO11. The minimum Gasteiger partial charge on any atom is -0.481 e. The Morgan fingerprint density at radius 3 is 2.18 bits per heavy atom. The van der Waals surface area contributed by atoms with Crippen LogP contribution in [0.15, 0.2) is 41.6 Å². The summed E-state index contributed by atoms with van der Waals surface area (Å²) in [6, 6.07) is 5.41. The number of aliphatic carboxylic acids is 1. The first-order valence-electron chi connectivity index (χ1n) is 25.5. The van der Waals surface area contributed by atoms with Gasteiger partial charge in [0, 0.05) is 24.2 Å². The number of halogens is 3. The molecule has 1 aromatic carbocycles. The van der Waals surface area contributed by atoms with Gasteiger partial charge in [-0.2, -0.15) is 0 Å². The maximum absolute atomic E-state index is 15.1. The number of ketones is 1. The molecule has 1 aliphatic carbocycles. The van der Waals surface area contributed by atoms with Crippen LogP contribution in [0.1, 0.15) is 152 Å². The third-order valence-electron chi connectivity index (χ3n) is 17.9. The molecule has 5 fully saturated rings. The van der Waals surface area contributed by atoms with Crippen LogP contribution in [0.25, 0.3) is 0 Å². The molecule has 7 rings (SSSR count). The smallest absolute Gasteiger partial charge is 0.481 e. The van der Waals surface area contributed by atoms with Gasteiger partial charge >= 0.3 is 12.3 Å². The van der Waals surface area contributed by atoms with Crippen LogP contribution in [-0.2, 0) is 44.7 Å². The van der Waals surface area contributed by atoms with E-state index in [1.807, 2.05) is 26.0 Å². The van der Waals surface area contributed by atoms with Gasteiger partial charge in [-0.3, -0.25) is 9.59 Å². The van der Waals surface area contributed by atoms with Gasteiger partial charge in [0.25, 0.3) is 0 Å². The molecule has 4 saturated heterocycles. The Balaban J connectivity index is 1.15. The monoisotopic (exact) mass is 962 g/mol. The van der Waals surface area contributed by atoms with Crippen LogP contribution in [0.5, 0.6) is 5.75 Å². The Bertz CT molecular complexity index is 2010. The standard InChI is InChI=1S/C53H78F3NO11/c1-12-39(47(60)61)40-20-15-30(4)44(64-40)34(8)43(58)35(9)45(59)50(28-33(50)7)46-31(5)27-32(6)51(66-46)24-21-41(57-62-29-37-16-18-38(19-17-37)65-53(54,55)56)52(68-51)26-25-48(11,67-52)42-22-23-49(13-2,14-3)36(10)63-42/h16-19,21,24,30-36,39-40,42-44,46,58H,12-15,20,22-23,25-29H2,1-11H3,(H,60,61)/b57-41+/t30-,31-,32+,33?,34-,35-,36-,39?,40+,42+,43-,44+,46-,48-,50?,51-,52-/m0/s1. The molecule has 3 unspecified atom stereocenters. The number of hydrogen-bond acceptors (Lipinski definition) is 11. The number of nitrogens with zero attached hydrogens (tertiary/aromatic N) is 1. The van der Waals surface area contributed by atoms with E-state index in [4.69, 9.17) is 28.5 Å². The molecule has 0 radical (unpaired) electrons. The van der Waals surface area contributed by atoms with E-state index in [-0.39, 0.29) is 59.4 Å². The van der Waals surface area contributed by atoms with Crippen LogP contribution < -0.4 is 4.74 Å². The first-order valence-corrected chi connectivity index (χ1v) is 25.5. The lowest BCUT2D eigenvalue weighted by atomic mass is 9.70. The second-order valence-corrected chi connectivity index (χ2v) is 22.0. The third kappa shape index (κ3) is 9.92. The molecule has 68 heavy (non-hydrogen) atoms. The maximum atomic E-state index is 15.1. The van der Waals surface area contributed by atoms with Crippen molar-refractivity contribution in [3.63, 3.8) is 0 Å². The number of ether oxygens (including phenoxy) is 6. The van der Waals surface area contributed by atoms with Crippen molar-refractivity contribution < 1.29 is 66.2 Å². The molecule has 0 bridgehead atoms. The molecular weight excluding hydrogens is 884 g/mol. The van der Waals surface area contributed by atoms with E-state index in [1.165, 1.54) is 24.3 Å². The number of Topliss-reactive ketones (excluding diaryl/α,β-unsaturated/α-hetero) is 1. The molecule has 5 heterocycles. The number of oxime groups is 1. The van der Waals surface area contributed by atoms with E-state index < -0.39 is 77.1 Å². The fourth-order valence-corrected chi connectivity index (χ4v) is 13.1. The van der Waals surface area contributed by atoms with Gasteiger partial charge in [-0.25, -0.2) is 0 Å². The van der Waals surface area contributed by atoms with E-state index in [0.717, 1.165) is 32.1 Å². The Labute approximate surface area is 401 Å². The molecule has 2 N–H and O–H groups in total. The van der Waals surface area contributed by atoms with Crippen molar-refractivity contribution in [2.45, 2.75) is 214 Å². The first-order chi connectivity index (χ1) is 31.9. The van der Waals surface area contributed by atoms with E-state index in [9.17, 15) is 28.2 Å². The number of rotatable bonds is 16. The predicted molar refractivity (Wildman–Crippen MR) is 248 cm³/mol. The van der Waals surface area contributed by atoms with Crippen molar-refractivity contribution in [1.29, 1.82) is 0 Å². The van der Waals surface area contributed by atoms with Crippen LogP contribution in [-0.4, -0.2) is 87.8 Å². The van der Waals surface area contributed by atoms with Gasteiger partial charge in [-0.1, -0.05) is 79.6 Å². The van der Waals surface area contributed by atoms with Crippen LogP contribution in [0.3, 0.4) is 0 Å². The highest BCUT2D eigenvalue weighted by Gasteiger charge is 2.69. The minimum atomic E-state index is -4.81. The molecule has 1 aromatic rings. The summed E-state index contributed by atoms with van der Waals surface area (Å²) < 4.78 is 77.7. The number of carboxylic acids is 1. The summed E-state index contributed by atoms with van der Waals surface area (Å²) >= 11 is 0. The Morgan fingerprint density at radius 1 is 0.912 bits per heavy atom. The number of carboxylic acid groups (broad SMARTS) is 1. The highest BCUT2D eigenvalue weighted by molar-refractivity contribution is 6.01. The summed E-state index contributed by atoms with van der Waals surface area (Å²) in [5.74, 6) is -6.07. The number of aliphatic hydroxyl groups is 1. The zero-order valence-electron chi connectivity index (χ0n) is 42.1. The topological polar surface area (TPSA) is 152 Å². The maximum Gasteiger partial charge on any atom is 0.573 e. The van der Waals surface area contributed by atoms with Crippen LogP contribution in [0, 0.1) is 52.3 Å². The summed E-state index contributed by atoms with van der Waals surface area (Å²) in [4.78, 5) is 33.1. The van der Waals surface area contributed by atoms with Gasteiger partial charge in [-0.15, -0.1) is 13.2 Å². The quantitative estimate of drug-likeness (QED) is 0.152. The van der Waals surface area contributed by atoms with Crippen molar-refractivity contribution >= 4 is 17.5 Å². The Hall–Kier alpha value is -3.08. The molecule has 15 heteroatoms. The summed E-state index contributed by atoms with van der Waals surface area (Å²) in [7, 11) is 0. The summed E-state index contributed by atoms with van der Waals surface area (Å²) in [5.41, 5.74) is -0.639. The molecule has 2 spiro atoms. The van der Waals surface area contributed by atoms with E-state index >= 15 is 4.79 Å². The minimum absolute atomic E-state index is 0.0130. The summed E-state index contributed by atoms with van der Waals surface area (Å²) in [6.45, 7) is 22.5. The SMILES string of the molecule is CCC(C(=O)O)[C@H]1CC[C@H](C)[C@H]([C@@H](C)[C@H](O)[C@H](C)C(=O)C2([C@H]3O[C@]4(C=C/C(=N\OCc5ccc(OC(F)(F)F)cc5)[C@]5(CC[C@@](C)([C@H]6CCC(CC)(CC)[C@H](C)O6)O5)O4)[C@H](C)C[C@@H]3C)CC2C)O1. The number of alkyl halides is 3. The summed E-state index contributed by atoms with van der Waals surface area (Å²) in [5, 5.41) is 26.5. The highest BCUT2D eigenvalue weighted by atomic mass is 19.4. The Kier molecular flexibility index (Phi) is 15.4. The molecule has 12 nitrogen and oxygen atoms in total. The second-order valence-electron chi connectivity index (χ2n) is 22.0. The van der Waals surface area contributed by atoms with Gasteiger partial charge in [0.15, 0.2) is 5.79 Å². The molecule has 382 valence electrons. The summed E-state index contributed by atoms with van der Waals surface area (Å²) in [6.07, 6.45) is 4.10. The Morgan fingerprint density at radius 2 is 1.59 bits per heavy atom. The lowest BCUT2D eigenvalue weighted by Crippen LogP contribution is -2.62. The van der Waals surface area contributed by atoms with Crippen molar-refractivity contribution in [2.24, 2.45) is 57.4 Å². The molecule has 1 saturated carbocycles. The highest BCUT2D eigenvalue weighted by Crippen LogP contribution is 2.64. The molecule has 6 aliphatic rings. The molecule has 0 aromatic heterocycles. The number of carbonyl (C=O) groups excluding carboxylic acids is 1. The van der Waals surface area contributed by atoms with Crippen LogP contribution in [0.4, 0.5) is 13.2 Å². The second kappa shape index (κ2) is 19.8. The first kappa shape index (κ1) is 52.7. The largest absolute Gasteiger partial charge is 0.573 e. The average molecular weight is 962 g/mol. The van der Waals surface area contributed by atoms with Gasteiger partial charge in [-0.05, 0) is 131 Å². The van der Waals surface area contributed by atoms with Gasteiger partial charge in [0.05, 0.1) is 53.6 Å². The van der Waals surface area contributed by atoms with E-state index in [1.54, 1.807) is 6.92 Å². The normalized spacial score (nSPS) is 40.5. The van der Waals surface area contributed by atoms with Crippen LogP contribution in [0.2, 0.25) is 0 Å². The van der Waals surface area contributed by atoms with E-state index in [2.05, 4.69) is 65.3 Å². The van der Waals surface area contributed by atoms with E-state index in [0.29, 0.717) is 49.8 Å². The third-order valence-corrected chi connectivity index (χ3v) is 17.9. The van der Waals surface area contributed by atoms with Gasteiger partial charge in [0.2, 0.25) is 5.79 Å². The van der Waals surface area contributed by atoms with Crippen molar-refractivity contribution in [1.82, 2.24) is 0 Å². The zero-order valence-corrected chi connectivity index (χ0v) is 42.1. The fraction of sp³-hybridized carbons (Fsp3) is 0.792. The lowest BCUT2D eigenvalue weighted by Gasteiger charge is -2.54. The van der Waals surface area contributed by atoms with Crippen molar-refractivity contribution in [3.8, 4) is 5.75 Å². The molecule has 17 atom stereocenters. The van der Waals surface area contributed by atoms with Crippen molar-refractivity contribution in [2.75, 3.05) is 0 Å². The van der Waals surface area contributed by atoms with Crippen LogP contribution >= 0.6 is 0 Å². The number of benzene rings is 1. The van der Waals surface area contributed by atoms with Gasteiger partial charge in [0.1, 0.15) is 23.9 Å². The zero-order chi connectivity index (χ0) is 49.8. The fourth-order valence-electron chi connectivity index (χ4n) is 13.1. The predicted octanol–water partition coefficient (Wildman–Crippen LogP) is 11.0. The average Bonchev–Trinajstić information content (AvgIpc) is 3.86. The van der Waals surface area contributed by atoms with Crippen molar-refractivity contribution in [3.05, 3.63) is 42.0 Å². The number of carbonyl (C=O) groups is 2. The van der Waals surface area contributed by atoms with Gasteiger partial charge < -0.3 is 43.5 Å². The molecule has 5 aliphatic heterocycles. The molecule has 0 amide bonds.